The summed E-state index contributed by atoms with van der Waals surface area (Å²) in [5, 5.41) is 12.4. The fourth-order valence-electron chi connectivity index (χ4n) is 2.95. The van der Waals surface area contributed by atoms with Crippen LogP contribution >= 0.6 is 0 Å². The van der Waals surface area contributed by atoms with Gasteiger partial charge in [-0.1, -0.05) is 18.9 Å². The van der Waals surface area contributed by atoms with Crippen molar-refractivity contribution < 1.29 is 4.74 Å². The van der Waals surface area contributed by atoms with Crippen LogP contribution in [0, 0.1) is 11.3 Å². The van der Waals surface area contributed by atoms with Gasteiger partial charge >= 0.3 is 0 Å². The van der Waals surface area contributed by atoms with Crippen molar-refractivity contribution in [2.45, 2.75) is 38.3 Å². The Hall–Kier alpha value is -1.57. The lowest BCUT2D eigenvalue weighted by Gasteiger charge is -2.24. The minimum Gasteiger partial charge on any atom is -0.495 e. The number of nitrogens with one attached hydrogen (secondary N) is 1. The molecule has 0 radical (unpaired) electrons. The molecule has 2 rings (SSSR count). The lowest BCUT2D eigenvalue weighted by atomic mass is 10.1. The summed E-state index contributed by atoms with van der Waals surface area (Å²) in [4.78, 5) is 2.47. The summed E-state index contributed by atoms with van der Waals surface area (Å²) >= 11 is 0. The first-order chi connectivity index (χ1) is 10.2. The molecule has 1 aliphatic carbocycles. The highest BCUT2D eigenvalue weighted by atomic mass is 16.5. The minimum absolute atomic E-state index is 0.585. The van der Waals surface area contributed by atoms with E-state index in [0.717, 1.165) is 31.2 Å². The van der Waals surface area contributed by atoms with Gasteiger partial charge in [-0.15, -0.1) is 0 Å². The van der Waals surface area contributed by atoms with Crippen molar-refractivity contribution in [2.75, 3.05) is 27.2 Å². The van der Waals surface area contributed by atoms with Gasteiger partial charge in [0.25, 0.3) is 0 Å². The van der Waals surface area contributed by atoms with Crippen LogP contribution in [-0.4, -0.2) is 38.2 Å². The fraction of sp³-hybridized carbons (Fsp3) is 0.588. The molecule has 21 heavy (non-hydrogen) atoms. The van der Waals surface area contributed by atoms with E-state index < -0.39 is 0 Å². The average Bonchev–Trinajstić information content (AvgIpc) is 3.05. The van der Waals surface area contributed by atoms with Crippen molar-refractivity contribution in [1.29, 1.82) is 5.26 Å². The van der Waals surface area contributed by atoms with Crippen LogP contribution in [0.1, 0.15) is 36.8 Å². The van der Waals surface area contributed by atoms with Crippen molar-refractivity contribution in [3.05, 3.63) is 29.3 Å². The lowest BCUT2D eigenvalue weighted by Crippen LogP contribution is -2.35. The van der Waals surface area contributed by atoms with Gasteiger partial charge in [-0.3, -0.25) is 0 Å². The molecule has 0 heterocycles. The van der Waals surface area contributed by atoms with Crippen LogP contribution in [0.15, 0.2) is 18.2 Å². The highest BCUT2D eigenvalue weighted by Crippen LogP contribution is 2.22. The number of nitriles is 1. The third kappa shape index (κ3) is 4.45. The van der Waals surface area contributed by atoms with Gasteiger partial charge in [0.15, 0.2) is 0 Å². The van der Waals surface area contributed by atoms with Crippen LogP contribution in [0.3, 0.4) is 0 Å². The summed E-state index contributed by atoms with van der Waals surface area (Å²) in [5.41, 5.74) is 1.73. The van der Waals surface area contributed by atoms with Crippen LogP contribution in [0.25, 0.3) is 0 Å². The summed E-state index contributed by atoms with van der Waals surface area (Å²) in [6.07, 6.45) is 5.47. The Kier molecular flexibility index (Phi) is 6.04. The molecule has 0 bridgehead atoms. The zero-order chi connectivity index (χ0) is 15.1. The third-order valence-electron chi connectivity index (χ3n) is 4.30. The molecular formula is C17H25N3O. The molecule has 4 nitrogen and oxygen atoms in total. The first kappa shape index (κ1) is 15.8. The summed E-state index contributed by atoms with van der Waals surface area (Å²) in [5.74, 6) is 0.653. The van der Waals surface area contributed by atoms with Crippen molar-refractivity contribution >= 4 is 0 Å². The largest absolute Gasteiger partial charge is 0.495 e. The molecule has 1 aliphatic rings. The zero-order valence-corrected chi connectivity index (χ0v) is 13.1. The van der Waals surface area contributed by atoms with Crippen LogP contribution < -0.4 is 10.1 Å². The van der Waals surface area contributed by atoms with E-state index in [1.54, 1.807) is 7.11 Å². The topological polar surface area (TPSA) is 48.3 Å². The minimum atomic E-state index is 0.585. The number of hydrogen-bond acceptors (Lipinski definition) is 4. The second kappa shape index (κ2) is 8.02. The summed E-state index contributed by atoms with van der Waals surface area (Å²) in [6.45, 7) is 2.87. The molecule has 0 aliphatic heterocycles. The van der Waals surface area contributed by atoms with Gasteiger partial charge in [0.1, 0.15) is 11.8 Å². The van der Waals surface area contributed by atoms with Crippen LogP contribution in [-0.2, 0) is 6.54 Å². The Labute approximate surface area is 127 Å². The van der Waals surface area contributed by atoms with Gasteiger partial charge in [0.2, 0.25) is 0 Å². The van der Waals surface area contributed by atoms with E-state index >= 15 is 0 Å². The number of ether oxygens (including phenoxy) is 1. The van der Waals surface area contributed by atoms with Crippen molar-refractivity contribution in [2.24, 2.45) is 0 Å². The number of likely N-dealkylation sites (N-methyl/N-ethyl adjacent to an activating group) is 1. The first-order valence-corrected chi connectivity index (χ1v) is 7.72. The van der Waals surface area contributed by atoms with Gasteiger partial charge in [-0.05, 0) is 37.6 Å². The SMILES string of the molecule is COc1cc(CNCCN(C)C2CCCC2)ccc1C#N. The van der Waals surface area contributed by atoms with E-state index in [1.165, 1.54) is 25.7 Å². The molecule has 0 aromatic heterocycles. The maximum absolute atomic E-state index is 8.97. The second-order valence-electron chi connectivity index (χ2n) is 5.74. The van der Waals surface area contributed by atoms with E-state index in [1.807, 2.05) is 18.2 Å². The fourth-order valence-corrected chi connectivity index (χ4v) is 2.95. The normalized spacial score (nSPS) is 15.3. The molecule has 1 N–H and O–H groups in total. The first-order valence-electron chi connectivity index (χ1n) is 7.72. The van der Waals surface area contributed by atoms with Crippen molar-refractivity contribution in [1.82, 2.24) is 10.2 Å². The number of benzene rings is 1. The Morgan fingerprint density at radius 3 is 2.81 bits per heavy atom. The molecule has 0 saturated heterocycles. The van der Waals surface area contributed by atoms with Gasteiger partial charge in [0, 0.05) is 25.7 Å². The number of methoxy groups -OCH3 is 1. The number of nitrogens with zero attached hydrogens (tertiary/aromatic N) is 2. The second-order valence-corrected chi connectivity index (χ2v) is 5.74. The summed E-state index contributed by atoms with van der Waals surface area (Å²) in [6, 6.07) is 8.65. The lowest BCUT2D eigenvalue weighted by molar-refractivity contribution is 0.245. The van der Waals surface area contributed by atoms with E-state index in [0.29, 0.717) is 11.3 Å². The molecule has 1 saturated carbocycles. The third-order valence-corrected chi connectivity index (χ3v) is 4.30. The Morgan fingerprint density at radius 1 is 1.38 bits per heavy atom. The summed E-state index contributed by atoms with van der Waals surface area (Å²) in [7, 11) is 3.83. The number of rotatable bonds is 7. The molecule has 0 amide bonds. The van der Waals surface area contributed by atoms with E-state index in [-0.39, 0.29) is 0 Å². The quantitative estimate of drug-likeness (QED) is 0.783. The van der Waals surface area contributed by atoms with Crippen LogP contribution in [0.5, 0.6) is 5.75 Å². The van der Waals surface area contributed by atoms with Crippen LogP contribution in [0.4, 0.5) is 0 Å². The average molecular weight is 287 g/mol. The van der Waals surface area contributed by atoms with Gasteiger partial charge < -0.3 is 15.0 Å². The van der Waals surface area contributed by atoms with Crippen LogP contribution in [0.2, 0.25) is 0 Å². The number of hydrogen-bond donors (Lipinski definition) is 1. The highest BCUT2D eigenvalue weighted by Gasteiger charge is 2.18. The maximum Gasteiger partial charge on any atom is 0.136 e. The molecule has 1 aromatic carbocycles. The van der Waals surface area contributed by atoms with E-state index in [4.69, 9.17) is 10.00 Å². The van der Waals surface area contributed by atoms with E-state index in [9.17, 15) is 0 Å². The van der Waals surface area contributed by atoms with Crippen molar-refractivity contribution in [3.8, 4) is 11.8 Å². The molecule has 1 fully saturated rings. The van der Waals surface area contributed by atoms with Gasteiger partial charge in [-0.25, -0.2) is 0 Å². The Morgan fingerprint density at radius 2 is 2.14 bits per heavy atom. The smallest absolute Gasteiger partial charge is 0.136 e. The Balaban J connectivity index is 1.74. The molecule has 114 valence electrons. The maximum atomic E-state index is 8.97. The zero-order valence-electron chi connectivity index (χ0n) is 13.1. The standard InChI is InChI=1S/C17H25N3O/c1-20(16-5-3-4-6-16)10-9-19-13-14-7-8-15(12-18)17(11-14)21-2/h7-8,11,16,19H,3-6,9-10,13H2,1-2H3. The molecular weight excluding hydrogens is 262 g/mol. The molecule has 1 aromatic rings. The monoisotopic (exact) mass is 287 g/mol. The summed E-state index contributed by atoms with van der Waals surface area (Å²) < 4.78 is 5.23. The predicted octanol–water partition coefficient (Wildman–Crippen LogP) is 2.53. The van der Waals surface area contributed by atoms with Crippen molar-refractivity contribution in [3.63, 3.8) is 0 Å². The molecule has 0 atom stereocenters. The molecule has 0 unspecified atom stereocenters. The molecule has 0 spiro atoms. The predicted molar refractivity (Wildman–Crippen MR) is 84.3 cm³/mol. The Bertz CT molecular complexity index is 489. The van der Waals surface area contributed by atoms with Gasteiger partial charge in [-0.2, -0.15) is 5.26 Å². The van der Waals surface area contributed by atoms with E-state index in [2.05, 4.69) is 23.3 Å². The highest BCUT2D eigenvalue weighted by molar-refractivity contribution is 5.45. The molecule has 4 heteroatoms. The van der Waals surface area contributed by atoms with Gasteiger partial charge in [0.05, 0.1) is 12.7 Å².